The van der Waals surface area contributed by atoms with Crippen molar-refractivity contribution in [1.82, 2.24) is 10.7 Å². The number of hydrogen-bond donors (Lipinski definition) is 2. The molecule has 3 rings (SSSR count). The highest BCUT2D eigenvalue weighted by molar-refractivity contribution is 5.94. The van der Waals surface area contributed by atoms with E-state index in [0.29, 0.717) is 5.56 Å². The number of carbonyl (C=O) groups is 2. The molecule has 0 fully saturated rings. The molecular weight excluding hydrogens is 362 g/mol. The molecule has 0 radical (unpaired) electrons. The summed E-state index contributed by atoms with van der Waals surface area (Å²) in [6.45, 7) is 2.01. The molecule has 29 heavy (non-hydrogen) atoms. The van der Waals surface area contributed by atoms with Gasteiger partial charge in [-0.3, -0.25) is 9.59 Å². The first-order valence-electron chi connectivity index (χ1n) is 9.41. The molecule has 0 bridgehead atoms. The van der Waals surface area contributed by atoms with Crippen molar-refractivity contribution in [2.45, 2.75) is 19.4 Å². The van der Waals surface area contributed by atoms with Crippen LogP contribution in [-0.4, -0.2) is 18.0 Å². The molecule has 0 aromatic heterocycles. The normalized spacial score (nSPS) is 11.8. The lowest BCUT2D eigenvalue weighted by Gasteiger charge is -2.18. The van der Waals surface area contributed by atoms with Crippen LogP contribution in [0.5, 0.6) is 0 Å². The van der Waals surface area contributed by atoms with Gasteiger partial charge in [-0.05, 0) is 30.2 Å². The average Bonchev–Trinajstić information content (AvgIpc) is 2.76. The van der Waals surface area contributed by atoms with Crippen molar-refractivity contribution in [2.24, 2.45) is 5.10 Å². The van der Waals surface area contributed by atoms with Crippen LogP contribution < -0.4 is 10.7 Å². The number of hydrogen-bond acceptors (Lipinski definition) is 3. The van der Waals surface area contributed by atoms with Gasteiger partial charge in [-0.15, -0.1) is 0 Å². The van der Waals surface area contributed by atoms with Crippen LogP contribution >= 0.6 is 0 Å². The van der Waals surface area contributed by atoms with E-state index in [1.807, 2.05) is 67.6 Å². The smallest absolute Gasteiger partial charge is 0.251 e. The second-order valence-electron chi connectivity index (χ2n) is 6.71. The van der Waals surface area contributed by atoms with Crippen molar-refractivity contribution in [1.29, 1.82) is 0 Å². The van der Waals surface area contributed by atoms with Gasteiger partial charge in [-0.2, -0.15) is 5.10 Å². The van der Waals surface area contributed by atoms with Gasteiger partial charge in [-0.25, -0.2) is 5.43 Å². The molecule has 2 amide bonds. The van der Waals surface area contributed by atoms with Gasteiger partial charge in [0.2, 0.25) is 5.91 Å². The minimum absolute atomic E-state index is 0.0772. The molecule has 146 valence electrons. The number of amides is 2. The Balaban J connectivity index is 1.65. The standard InChI is InChI=1S/C24H23N3O2/c1-18-12-14-19(15-13-18)17-25-27-23(28)16-22(20-8-4-2-5-9-20)26-24(29)21-10-6-3-7-11-21/h2-15,17,22H,16H2,1H3,(H,26,29)(H,27,28)/b25-17-/t22-/m1/s1. The molecule has 0 spiro atoms. The van der Waals surface area contributed by atoms with Gasteiger partial charge < -0.3 is 5.32 Å². The third-order valence-electron chi connectivity index (χ3n) is 4.41. The second kappa shape index (κ2) is 9.99. The average molecular weight is 385 g/mol. The van der Waals surface area contributed by atoms with Crippen LogP contribution in [0.4, 0.5) is 0 Å². The molecule has 5 nitrogen and oxygen atoms in total. The maximum Gasteiger partial charge on any atom is 0.251 e. The van der Waals surface area contributed by atoms with Crippen molar-refractivity contribution in [2.75, 3.05) is 0 Å². The number of nitrogens with one attached hydrogen (secondary N) is 2. The van der Waals surface area contributed by atoms with Gasteiger partial charge >= 0.3 is 0 Å². The molecule has 3 aromatic carbocycles. The van der Waals surface area contributed by atoms with Gasteiger partial charge in [0.15, 0.2) is 0 Å². The summed E-state index contributed by atoms with van der Waals surface area (Å²) >= 11 is 0. The quantitative estimate of drug-likeness (QED) is 0.477. The van der Waals surface area contributed by atoms with Gasteiger partial charge in [0, 0.05) is 5.56 Å². The molecule has 0 aliphatic carbocycles. The van der Waals surface area contributed by atoms with Crippen molar-refractivity contribution in [3.63, 3.8) is 0 Å². The van der Waals surface area contributed by atoms with E-state index in [4.69, 9.17) is 0 Å². The first-order chi connectivity index (χ1) is 14.1. The summed E-state index contributed by atoms with van der Waals surface area (Å²) < 4.78 is 0. The summed E-state index contributed by atoms with van der Waals surface area (Å²) in [5.74, 6) is -0.508. The number of aryl methyl sites for hydroxylation is 1. The molecule has 0 heterocycles. The van der Waals surface area contributed by atoms with E-state index in [-0.39, 0.29) is 18.2 Å². The van der Waals surface area contributed by atoms with Crippen LogP contribution in [0.25, 0.3) is 0 Å². The van der Waals surface area contributed by atoms with E-state index < -0.39 is 6.04 Å². The van der Waals surface area contributed by atoms with Crippen molar-refractivity contribution < 1.29 is 9.59 Å². The van der Waals surface area contributed by atoms with E-state index >= 15 is 0 Å². The molecule has 0 saturated heterocycles. The highest BCUT2D eigenvalue weighted by Crippen LogP contribution is 2.17. The van der Waals surface area contributed by atoms with E-state index in [2.05, 4.69) is 15.8 Å². The predicted octanol–water partition coefficient (Wildman–Crippen LogP) is 4.01. The van der Waals surface area contributed by atoms with Gasteiger partial charge in [0.1, 0.15) is 0 Å². The number of carbonyl (C=O) groups excluding carboxylic acids is 2. The zero-order chi connectivity index (χ0) is 20.5. The van der Waals surface area contributed by atoms with Crippen molar-refractivity contribution in [3.8, 4) is 0 Å². The fourth-order valence-corrected chi connectivity index (χ4v) is 2.83. The zero-order valence-electron chi connectivity index (χ0n) is 16.2. The Morgan fingerprint density at radius 1 is 0.897 bits per heavy atom. The molecule has 0 aliphatic heterocycles. The third kappa shape index (κ3) is 6.14. The summed E-state index contributed by atoms with van der Waals surface area (Å²) in [7, 11) is 0. The fraction of sp³-hybridized carbons (Fsp3) is 0.125. The lowest BCUT2D eigenvalue weighted by molar-refractivity contribution is -0.121. The fourth-order valence-electron chi connectivity index (χ4n) is 2.83. The molecule has 0 saturated carbocycles. The van der Waals surface area contributed by atoms with E-state index in [0.717, 1.165) is 16.7 Å². The van der Waals surface area contributed by atoms with Crippen LogP contribution in [0, 0.1) is 6.92 Å². The third-order valence-corrected chi connectivity index (χ3v) is 4.41. The lowest BCUT2D eigenvalue weighted by atomic mass is 10.0. The Morgan fingerprint density at radius 2 is 1.52 bits per heavy atom. The summed E-state index contributed by atoms with van der Waals surface area (Å²) in [6.07, 6.45) is 1.67. The molecule has 0 aliphatic rings. The van der Waals surface area contributed by atoms with Crippen LogP contribution in [0.2, 0.25) is 0 Å². The summed E-state index contributed by atoms with van der Waals surface area (Å²) in [5, 5.41) is 6.96. The first-order valence-corrected chi connectivity index (χ1v) is 9.41. The minimum atomic E-state index is -0.460. The van der Waals surface area contributed by atoms with E-state index in [9.17, 15) is 9.59 Å². The maximum absolute atomic E-state index is 12.6. The lowest BCUT2D eigenvalue weighted by Crippen LogP contribution is -2.32. The van der Waals surface area contributed by atoms with E-state index in [1.54, 1.807) is 30.5 Å². The molecular formula is C24H23N3O2. The molecule has 5 heteroatoms. The Kier molecular flexibility index (Phi) is 6.90. The minimum Gasteiger partial charge on any atom is -0.345 e. The van der Waals surface area contributed by atoms with E-state index in [1.165, 1.54) is 0 Å². The summed E-state index contributed by atoms with van der Waals surface area (Å²) in [4.78, 5) is 25.0. The van der Waals surface area contributed by atoms with Gasteiger partial charge in [0.05, 0.1) is 18.7 Å². The molecule has 1 atom stereocenters. The SMILES string of the molecule is Cc1ccc(/C=N\NC(=O)C[C@@H](NC(=O)c2ccccc2)c2ccccc2)cc1. The second-order valence-corrected chi connectivity index (χ2v) is 6.71. The Hall–Kier alpha value is -3.73. The molecule has 0 unspecified atom stereocenters. The van der Waals surface area contributed by atoms with Crippen LogP contribution in [0.15, 0.2) is 90.0 Å². The van der Waals surface area contributed by atoms with Gasteiger partial charge in [-0.1, -0.05) is 78.4 Å². The Labute approximate surface area is 170 Å². The monoisotopic (exact) mass is 385 g/mol. The van der Waals surface area contributed by atoms with Crippen LogP contribution in [-0.2, 0) is 4.79 Å². The Morgan fingerprint density at radius 3 is 2.17 bits per heavy atom. The Bertz CT molecular complexity index is 968. The van der Waals surface area contributed by atoms with Gasteiger partial charge in [0.25, 0.3) is 5.91 Å². The topological polar surface area (TPSA) is 70.6 Å². The summed E-state index contributed by atoms with van der Waals surface area (Å²) in [6, 6.07) is 25.7. The highest BCUT2D eigenvalue weighted by Gasteiger charge is 2.19. The number of rotatable bonds is 7. The predicted molar refractivity (Wildman–Crippen MR) is 115 cm³/mol. The van der Waals surface area contributed by atoms with Crippen LogP contribution in [0.3, 0.4) is 0 Å². The molecule has 3 aromatic rings. The largest absolute Gasteiger partial charge is 0.345 e. The maximum atomic E-state index is 12.6. The highest BCUT2D eigenvalue weighted by atomic mass is 16.2. The zero-order valence-corrected chi connectivity index (χ0v) is 16.2. The summed E-state index contributed by atoms with van der Waals surface area (Å²) in [5.41, 5.74) is 6.00. The number of hydrazone groups is 1. The first kappa shape index (κ1) is 20.0. The van der Waals surface area contributed by atoms with Crippen molar-refractivity contribution in [3.05, 3.63) is 107 Å². The van der Waals surface area contributed by atoms with Crippen LogP contribution in [0.1, 0.15) is 39.5 Å². The number of nitrogens with zero attached hydrogens (tertiary/aromatic N) is 1. The van der Waals surface area contributed by atoms with Crippen molar-refractivity contribution >= 4 is 18.0 Å². The molecule has 2 N–H and O–H groups in total. The number of benzene rings is 3.